The normalized spacial score (nSPS) is 17.7. The van der Waals surface area contributed by atoms with Gasteiger partial charge in [0.05, 0.1) is 11.1 Å². The Bertz CT molecular complexity index is 712. The lowest BCUT2D eigenvalue weighted by Crippen LogP contribution is -2.56. The summed E-state index contributed by atoms with van der Waals surface area (Å²) in [5.74, 6) is -0.141. The summed E-state index contributed by atoms with van der Waals surface area (Å²) in [7, 11) is -3.66. The molecular weight excluding hydrogens is 385 g/mol. The van der Waals surface area contributed by atoms with Crippen LogP contribution >= 0.6 is 24.0 Å². The Morgan fingerprint density at radius 1 is 1.16 bits per heavy atom. The maximum absolute atomic E-state index is 12.7. The van der Waals surface area contributed by atoms with E-state index < -0.39 is 16.1 Å². The van der Waals surface area contributed by atoms with E-state index in [1.165, 1.54) is 10.4 Å². The number of carbonyl (C=O) groups excluding carboxylic acids is 1. The van der Waals surface area contributed by atoms with E-state index in [1.807, 2.05) is 20.8 Å². The topological polar surface area (TPSA) is 83.7 Å². The van der Waals surface area contributed by atoms with Gasteiger partial charge < -0.3 is 10.6 Å². The molecule has 1 aromatic rings. The van der Waals surface area contributed by atoms with Gasteiger partial charge in [-0.2, -0.15) is 4.31 Å². The van der Waals surface area contributed by atoms with Gasteiger partial charge in [0.25, 0.3) is 0 Å². The molecule has 0 saturated carbocycles. The smallest absolute Gasteiger partial charge is 0.244 e. The van der Waals surface area contributed by atoms with Crippen LogP contribution in [0.4, 0.5) is 0 Å². The van der Waals surface area contributed by atoms with Crippen LogP contribution in [0.3, 0.4) is 0 Å². The van der Waals surface area contributed by atoms with E-state index in [9.17, 15) is 13.2 Å². The number of rotatable bonds is 3. The fourth-order valence-electron chi connectivity index (χ4n) is 2.51. The van der Waals surface area contributed by atoms with Crippen molar-refractivity contribution in [3.05, 3.63) is 29.3 Å². The predicted molar refractivity (Wildman–Crippen MR) is 101 cm³/mol. The molecule has 25 heavy (non-hydrogen) atoms. The molecule has 0 unspecified atom stereocenters. The van der Waals surface area contributed by atoms with E-state index in [0.717, 1.165) is 0 Å². The SMILES string of the molecule is CC(C)(C)[C@H](N)C(=O)N1CCN(S(=O)(=O)c2ccccc2Cl)CC1.Cl. The lowest BCUT2D eigenvalue weighted by atomic mass is 9.86. The molecule has 0 aromatic heterocycles. The molecule has 1 heterocycles. The third kappa shape index (κ3) is 4.86. The molecule has 1 amide bonds. The van der Waals surface area contributed by atoms with E-state index >= 15 is 0 Å². The highest BCUT2D eigenvalue weighted by Gasteiger charge is 2.35. The second-order valence-corrected chi connectivity index (χ2v) is 9.32. The first-order valence-electron chi connectivity index (χ1n) is 7.84. The van der Waals surface area contributed by atoms with Crippen molar-refractivity contribution in [2.24, 2.45) is 11.1 Å². The molecule has 1 fully saturated rings. The molecule has 0 radical (unpaired) electrons. The molecule has 0 aliphatic carbocycles. The fourth-order valence-corrected chi connectivity index (χ4v) is 4.42. The maximum atomic E-state index is 12.7. The van der Waals surface area contributed by atoms with E-state index in [4.69, 9.17) is 17.3 Å². The highest BCUT2D eigenvalue weighted by Crippen LogP contribution is 2.25. The van der Waals surface area contributed by atoms with Crippen molar-refractivity contribution in [2.75, 3.05) is 26.2 Å². The first-order chi connectivity index (χ1) is 11.0. The van der Waals surface area contributed by atoms with Crippen LogP contribution in [0.1, 0.15) is 20.8 Å². The minimum absolute atomic E-state index is 0. The standard InChI is InChI=1S/C16H24ClN3O3S.ClH/c1-16(2,3)14(18)15(21)19-8-10-20(11-9-19)24(22,23)13-7-5-4-6-12(13)17;/h4-7,14H,8-11,18H2,1-3H3;1H/t14-;/m1./s1. The molecule has 0 bridgehead atoms. The van der Waals surface area contributed by atoms with Crippen molar-refractivity contribution in [1.82, 2.24) is 9.21 Å². The molecule has 1 aliphatic heterocycles. The molecule has 1 aliphatic rings. The Hall–Kier alpha value is -0.860. The van der Waals surface area contributed by atoms with Crippen molar-refractivity contribution < 1.29 is 13.2 Å². The van der Waals surface area contributed by atoms with Crippen molar-refractivity contribution in [3.8, 4) is 0 Å². The van der Waals surface area contributed by atoms with E-state index in [-0.39, 0.29) is 46.7 Å². The number of sulfonamides is 1. The van der Waals surface area contributed by atoms with Gasteiger partial charge in [0.15, 0.2) is 0 Å². The average molecular weight is 410 g/mol. The lowest BCUT2D eigenvalue weighted by molar-refractivity contribution is -0.136. The number of carbonyl (C=O) groups is 1. The Balaban J connectivity index is 0.00000312. The fraction of sp³-hybridized carbons (Fsp3) is 0.562. The summed E-state index contributed by atoms with van der Waals surface area (Å²) >= 11 is 6.01. The summed E-state index contributed by atoms with van der Waals surface area (Å²) in [5, 5.41) is 0.200. The lowest BCUT2D eigenvalue weighted by Gasteiger charge is -2.37. The quantitative estimate of drug-likeness (QED) is 0.826. The van der Waals surface area contributed by atoms with Gasteiger partial charge in [-0.3, -0.25) is 4.79 Å². The average Bonchev–Trinajstić information content (AvgIpc) is 2.53. The van der Waals surface area contributed by atoms with Crippen molar-refractivity contribution >= 4 is 39.9 Å². The number of halogens is 2. The Morgan fingerprint density at radius 3 is 2.16 bits per heavy atom. The number of amides is 1. The predicted octanol–water partition coefficient (Wildman–Crippen LogP) is 1.97. The monoisotopic (exact) mass is 409 g/mol. The molecule has 2 rings (SSSR count). The second-order valence-electron chi connectivity index (χ2n) is 7.00. The summed E-state index contributed by atoms with van der Waals surface area (Å²) in [6.45, 7) is 6.85. The number of nitrogens with two attached hydrogens (primary N) is 1. The number of nitrogens with zero attached hydrogens (tertiary/aromatic N) is 2. The molecule has 0 spiro atoms. The molecule has 1 saturated heterocycles. The first kappa shape index (κ1) is 22.2. The molecule has 142 valence electrons. The summed E-state index contributed by atoms with van der Waals surface area (Å²) in [5.41, 5.74) is 5.68. The van der Waals surface area contributed by atoms with Gasteiger partial charge in [0.2, 0.25) is 15.9 Å². The highest BCUT2D eigenvalue weighted by molar-refractivity contribution is 7.89. The van der Waals surface area contributed by atoms with Crippen LogP contribution in [0, 0.1) is 5.41 Å². The maximum Gasteiger partial charge on any atom is 0.244 e. The van der Waals surface area contributed by atoms with Crippen LogP contribution in [0.5, 0.6) is 0 Å². The third-order valence-electron chi connectivity index (χ3n) is 4.20. The summed E-state index contributed by atoms with van der Waals surface area (Å²) in [4.78, 5) is 14.2. The second kappa shape index (κ2) is 8.22. The van der Waals surface area contributed by atoms with Crippen LogP contribution in [0.2, 0.25) is 5.02 Å². The van der Waals surface area contributed by atoms with Gasteiger partial charge in [0, 0.05) is 26.2 Å². The van der Waals surface area contributed by atoms with E-state index in [2.05, 4.69) is 0 Å². The largest absolute Gasteiger partial charge is 0.339 e. The Labute approximate surface area is 160 Å². The van der Waals surface area contributed by atoms with Gasteiger partial charge in [-0.1, -0.05) is 44.5 Å². The zero-order valence-corrected chi connectivity index (χ0v) is 17.0. The van der Waals surface area contributed by atoms with Crippen LogP contribution in [-0.2, 0) is 14.8 Å². The summed E-state index contributed by atoms with van der Waals surface area (Å²) in [6.07, 6.45) is 0. The molecule has 6 nitrogen and oxygen atoms in total. The van der Waals surface area contributed by atoms with Crippen molar-refractivity contribution in [2.45, 2.75) is 31.7 Å². The van der Waals surface area contributed by atoms with Gasteiger partial charge in [-0.25, -0.2) is 8.42 Å². The zero-order chi connectivity index (χ0) is 18.1. The molecule has 9 heteroatoms. The minimum atomic E-state index is -3.66. The van der Waals surface area contributed by atoms with Crippen LogP contribution in [-0.4, -0.2) is 55.8 Å². The number of hydrogen-bond donors (Lipinski definition) is 1. The molecule has 1 atom stereocenters. The third-order valence-corrected chi connectivity index (χ3v) is 6.60. The number of piperazine rings is 1. The molecular formula is C16H25Cl2N3O3S. The number of hydrogen-bond acceptors (Lipinski definition) is 4. The summed E-state index contributed by atoms with van der Waals surface area (Å²) < 4.78 is 26.7. The van der Waals surface area contributed by atoms with Gasteiger partial charge in [-0.15, -0.1) is 12.4 Å². The highest BCUT2D eigenvalue weighted by atomic mass is 35.5. The van der Waals surface area contributed by atoms with E-state index in [1.54, 1.807) is 23.1 Å². The van der Waals surface area contributed by atoms with Gasteiger partial charge in [-0.05, 0) is 17.5 Å². The van der Waals surface area contributed by atoms with Crippen LogP contribution in [0.25, 0.3) is 0 Å². The van der Waals surface area contributed by atoms with Gasteiger partial charge in [0.1, 0.15) is 4.90 Å². The minimum Gasteiger partial charge on any atom is -0.339 e. The van der Waals surface area contributed by atoms with Crippen LogP contribution in [0.15, 0.2) is 29.2 Å². The Morgan fingerprint density at radius 2 is 1.68 bits per heavy atom. The van der Waals surface area contributed by atoms with Crippen molar-refractivity contribution in [3.63, 3.8) is 0 Å². The van der Waals surface area contributed by atoms with Crippen molar-refractivity contribution in [1.29, 1.82) is 0 Å². The molecule has 2 N–H and O–H groups in total. The Kier molecular flexibility index (Phi) is 7.30. The van der Waals surface area contributed by atoms with Crippen LogP contribution < -0.4 is 5.73 Å². The van der Waals surface area contributed by atoms with E-state index in [0.29, 0.717) is 13.1 Å². The molecule has 1 aromatic carbocycles. The first-order valence-corrected chi connectivity index (χ1v) is 9.66. The number of benzene rings is 1. The summed E-state index contributed by atoms with van der Waals surface area (Å²) in [6, 6.07) is 5.76. The zero-order valence-electron chi connectivity index (χ0n) is 14.6. The van der Waals surface area contributed by atoms with Gasteiger partial charge >= 0.3 is 0 Å².